The van der Waals surface area contributed by atoms with E-state index in [4.69, 9.17) is 0 Å². The molecule has 0 radical (unpaired) electrons. The van der Waals surface area contributed by atoms with Crippen molar-refractivity contribution in [3.8, 4) is 0 Å². The van der Waals surface area contributed by atoms with Crippen LogP contribution in [-0.4, -0.2) is 61.5 Å². The van der Waals surface area contributed by atoms with E-state index < -0.39 is 0 Å². The first-order valence-electron chi connectivity index (χ1n) is 16.4. The highest BCUT2D eigenvalue weighted by Crippen LogP contribution is 2.39. The highest BCUT2D eigenvalue weighted by molar-refractivity contribution is 5.76. The van der Waals surface area contributed by atoms with Gasteiger partial charge in [-0.3, -0.25) is 9.69 Å². The van der Waals surface area contributed by atoms with Crippen LogP contribution < -0.4 is 5.32 Å². The van der Waals surface area contributed by atoms with Crippen LogP contribution in [0.15, 0.2) is 72.1 Å². The molecule has 3 aliphatic rings. The van der Waals surface area contributed by atoms with Crippen molar-refractivity contribution in [1.82, 2.24) is 15.1 Å². The molecule has 1 amide bonds. The third-order valence-electron chi connectivity index (χ3n) is 9.64. The third-order valence-corrected chi connectivity index (χ3v) is 9.64. The second-order valence-corrected chi connectivity index (χ2v) is 13.9. The van der Waals surface area contributed by atoms with E-state index in [1.807, 2.05) is 30.0 Å². The standard InChI is InChI=1S/C37H53F2N3O/c1-27-24-31(37(3,4)5)13-10-30(27)26-40-18-19-41-20-22-42(23-21-41)36(43)9-7-6-8-35(29-11-14-32(38)15-12-29)34-17-16-33(39)25-28(34)2/h10-17,24-25,27-28,30,34-35,40H,6-9,18-23,26H2,1-5H3. The van der Waals surface area contributed by atoms with E-state index in [0.29, 0.717) is 18.3 Å². The van der Waals surface area contributed by atoms with Gasteiger partial charge in [0.1, 0.15) is 11.6 Å². The van der Waals surface area contributed by atoms with Crippen LogP contribution in [0.5, 0.6) is 0 Å². The molecule has 0 aromatic heterocycles. The van der Waals surface area contributed by atoms with Gasteiger partial charge >= 0.3 is 0 Å². The van der Waals surface area contributed by atoms with E-state index in [9.17, 15) is 13.6 Å². The summed E-state index contributed by atoms with van der Waals surface area (Å²) >= 11 is 0. The molecule has 2 aliphatic carbocycles. The number of rotatable bonds is 12. The number of hydrogen-bond donors (Lipinski definition) is 1. The minimum atomic E-state index is -0.249. The fraction of sp³-hybridized carbons (Fsp3) is 0.595. The zero-order valence-electron chi connectivity index (χ0n) is 27.0. The van der Waals surface area contributed by atoms with Crippen LogP contribution in [0.4, 0.5) is 8.78 Å². The van der Waals surface area contributed by atoms with Crippen molar-refractivity contribution in [2.45, 2.75) is 66.2 Å². The molecule has 5 unspecified atom stereocenters. The van der Waals surface area contributed by atoms with E-state index in [0.717, 1.165) is 70.6 Å². The van der Waals surface area contributed by atoms with Crippen LogP contribution in [0.25, 0.3) is 0 Å². The van der Waals surface area contributed by atoms with Crippen molar-refractivity contribution in [3.63, 3.8) is 0 Å². The number of allylic oxidation sites excluding steroid dienone is 7. The van der Waals surface area contributed by atoms with Gasteiger partial charge in [0.25, 0.3) is 0 Å². The molecule has 6 heteroatoms. The van der Waals surface area contributed by atoms with Crippen molar-refractivity contribution < 1.29 is 13.6 Å². The third kappa shape index (κ3) is 9.71. The topological polar surface area (TPSA) is 35.6 Å². The maximum Gasteiger partial charge on any atom is 0.222 e. The smallest absolute Gasteiger partial charge is 0.222 e. The molecule has 1 aromatic carbocycles. The van der Waals surface area contributed by atoms with Gasteiger partial charge in [-0.15, -0.1) is 0 Å². The van der Waals surface area contributed by atoms with Crippen molar-refractivity contribution in [1.29, 1.82) is 0 Å². The van der Waals surface area contributed by atoms with E-state index in [-0.39, 0.29) is 40.7 Å². The molecule has 4 rings (SSSR count). The van der Waals surface area contributed by atoms with Crippen LogP contribution in [-0.2, 0) is 4.79 Å². The maximum atomic E-state index is 13.8. The van der Waals surface area contributed by atoms with E-state index >= 15 is 0 Å². The van der Waals surface area contributed by atoms with Crippen molar-refractivity contribution in [2.24, 2.45) is 29.1 Å². The fourth-order valence-electron chi connectivity index (χ4n) is 6.73. The maximum absolute atomic E-state index is 13.8. The fourth-order valence-corrected chi connectivity index (χ4v) is 6.73. The molecule has 5 atom stereocenters. The molecule has 1 saturated heterocycles. The lowest BCUT2D eigenvalue weighted by atomic mass is 9.74. The first kappa shape index (κ1) is 33.3. The molecule has 1 N–H and O–H groups in total. The molecule has 1 heterocycles. The SMILES string of the molecule is CC1C=C(C(C)(C)C)C=CC1CNCCN1CCN(C(=O)CCCCC(c2ccc(F)cc2)C2C=CC(F)=CC2C)CC1. The number of unbranched alkanes of at least 4 members (excludes halogenated alkanes) is 1. The minimum absolute atomic E-state index is 0.0691. The van der Waals surface area contributed by atoms with Crippen molar-refractivity contribution in [3.05, 3.63) is 83.5 Å². The monoisotopic (exact) mass is 593 g/mol. The number of halogens is 2. The zero-order chi connectivity index (χ0) is 31.0. The number of amides is 1. The predicted octanol–water partition coefficient (Wildman–Crippen LogP) is 7.67. The van der Waals surface area contributed by atoms with E-state index in [1.165, 1.54) is 17.7 Å². The summed E-state index contributed by atoms with van der Waals surface area (Å²) in [4.78, 5) is 17.5. The molecule has 236 valence electrons. The number of benzene rings is 1. The van der Waals surface area contributed by atoms with E-state index in [1.54, 1.807) is 12.2 Å². The Morgan fingerprint density at radius 3 is 2.33 bits per heavy atom. The molecule has 1 aliphatic heterocycles. The molecule has 4 nitrogen and oxygen atoms in total. The van der Waals surface area contributed by atoms with Crippen molar-refractivity contribution >= 4 is 5.91 Å². The lowest BCUT2D eigenvalue weighted by Gasteiger charge is -2.35. The number of piperazine rings is 1. The number of nitrogens with one attached hydrogen (secondary N) is 1. The largest absolute Gasteiger partial charge is 0.340 e. The van der Waals surface area contributed by atoms with Crippen LogP contribution in [0.2, 0.25) is 0 Å². The van der Waals surface area contributed by atoms with Gasteiger partial charge in [0.05, 0.1) is 0 Å². The van der Waals surface area contributed by atoms with Crippen LogP contribution in [0.1, 0.15) is 71.8 Å². The number of carbonyl (C=O) groups is 1. The summed E-state index contributed by atoms with van der Waals surface area (Å²) < 4.78 is 27.4. The Labute approximate surface area is 259 Å². The summed E-state index contributed by atoms with van der Waals surface area (Å²) in [7, 11) is 0. The van der Waals surface area contributed by atoms with Crippen LogP contribution >= 0.6 is 0 Å². The molecule has 1 aromatic rings. The minimum Gasteiger partial charge on any atom is -0.340 e. The van der Waals surface area contributed by atoms with Gasteiger partial charge in [-0.1, -0.05) is 77.5 Å². The Kier molecular flexibility index (Phi) is 12.0. The second-order valence-electron chi connectivity index (χ2n) is 13.9. The van der Waals surface area contributed by atoms with E-state index in [2.05, 4.69) is 56.1 Å². The highest BCUT2D eigenvalue weighted by atomic mass is 19.1. The quantitative estimate of drug-likeness (QED) is 0.253. The normalized spacial score (nSPS) is 25.4. The van der Waals surface area contributed by atoms with Gasteiger partial charge in [0.2, 0.25) is 5.91 Å². The Hall–Kier alpha value is -2.57. The van der Waals surface area contributed by atoms with Gasteiger partial charge in [-0.05, 0) is 83.3 Å². The lowest BCUT2D eigenvalue weighted by molar-refractivity contribution is -0.133. The number of hydrogen-bond acceptors (Lipinski definition) is 3. The summed E-state index contributed by atoms with van der Waals surface area (Å²) in [5, 5.41) is 3.66. The van der Waals surface area contributed by atoms with Gasteiger partial charge in [0, 0.05) is 52.2 Å². The Bertz CT molecular complexity index is 1170. The van der Waals surface area contributed by atoms with Gasteiger partial charge in [0.15, 0.2) is 0 Å². The Morgan fingerprint density at radius 1 is 0.953 bits per heavy atom. The van der Waals surface area contributed by atoms with Gasteiger partial charge in [-0.25, -0.2) is 8.78 Å². The van der Waals surface area contributed by atoms with Crippen molar-refractivity contribution in [2.75, 3.05) is 45.8 Å². The summed E-state index contributed by atoms with van der Waals surface area (Å²) in [6, 6.07) is 6.71. The van der Waals surface area contributed by atoms with Crippen LogP contribution in [0, 0.1) is 34.9 Å². The molecular formula is C37H53F2N3O. The molecule has 0 spiro atoms. The molecule has 0 bridgehead atoms. The van der Waals surface area contributed by atoms with Gasteiger partial charge < -0.3 is 10.2 Å². The molecule has 1 fully saturated rings. The first-order valence-corrected chi connectivity index (χ1v) is 16.4. The highest BCUT2D eigenvalue weighted by Gasteiger charge is 2.28. The summed E-state index contributed by atoms with van der Waals surface area (Å²) in [6.07, 6.45) is 15.5. The first-order chi connectivity index (χ1) is 20.5. The second kappa shape index (κ2) is 15.4. The number of carbonyl (C=O) groups excluding carboxylic acids is 1. The van der Waals surface area contributed by atoms with Gasteiger partial charge in [-0.2, -0.15) is 0 Å². The summed E-state index contributed by atoms with van der Waals surface area (Å²) in [6.45, 7) is 17.6. The lowest BCUT2D eigenvalue weighted by Crippen LogP contribution is -2.50. The molecule has 0 saturated carbocycles. The predicted molar refractivity (Wildman–Crippen MR) is 174 cm³/mol. The average Bonchev–Trinajstić information content (AvgIpc) is 2.97. The Morgan fingerprint density at radius 2 is 1.67 bits per heavy atom. The Balaban J connectivity index is 1.13. The zero-order valence-corrected chi connectivity index (χ0v) is 27.0. The number of nitrogens with zero attached hydrogens (tertiary/aromatic N) is 2. The summed E-state index contributed by atoms with van der Waals surface area (Å²) in [5.41, 5.74) is 2.71. The molecular weight excluding hydrogens is 540 g/mol. The average molecular weight is 594 g/mol. The van der Waals surface area contributed by atoms with Crippen LogP contribution in [0.3, 0.4) is 0 Å². The summed E-state index contributed by atoms with van der Waals surface area (Å²) in [5.74, 6) is 1.27. The molecule has 43 heavy (non-hydrogen) atoms.